The summed E-state index contributed by atoms with van der Waals surface area (Å²) >= 11 is 1.76. The molecule has 0 bridgehead atoms. The largest absolute Gasteiger partial charge is 0.484 e. The molecular formula is C19H24N2O2S. The fourth-order valence-corrected chi connectivity index (χ4v) is 4.23. The van der Waals surface area contributed by atoms with E-state index in [9.17, 15) is 4.79 Å². The van der Waals surface area contributed by atoms with E-state index in [1.165, 1.54) is 17.7 Å². The predicted octanol–water partition coefficient (Wildman–Crippen LogP) is 3.47. The number of thiophene rings is 1. The molecule has 1 amide bonds. The molecule has 128 valence electrons. The summed E-state index contributed by atoms with van der Waals surface area (Å²) in [6.45, 7) is 4.33. The minimum Gasteiger partial charge on any atom is -0.484 e. The minimum atomic E-state index is -0.0768. The van der Waals surface area contributed by atoms with Crippen LogP contribution in [-0.2, 0) is 4.79 Å². The van der Waals surface area contributed by atoms with E-state index in [1.807, 2.05) is 30.3 Å². The first-order valence-corrected chi connectivity index (χ1v) is 9.36. The summed E-state index contributed by atoms with van der Waals surface area (Å²) in [7, 11) is 0. The molecule has 1 saturated heterocycles. The van der Waals surface area contributed by atoms with Crippen LogP contribution >= 0.6 is 11.3 Å². The number of amides is 1. The van der Waals surface area contributed by atoms with Gasteiger partial charge in [-0.05, 0) is 56.4 Å². The molecule has 0 saturated carbocycles. The minimum absolute atomic E-state index is 0.0471. The zero-order chi connectivity index (χ0) is 16.8. The fraction of sp³-hybridized carbons (Fsp3) is 0.421. The molecule has 0 spiro atoms. The summed E-state index contributed by atoms with van der Waals surface area (Å²) in [6, 6.07) is 14.0. The smallest absolute Gasteiger partial charge is 0.258 e. The van der Waals surface area contributed by atoms with Gasteiger partial charge in [0.15, 0.2) is 6.61 Å². The van der Waals surface area contributed by atoms with Gasteiger partial charge in [0.2, 0.25) is 0 Å². The average molecular weight is 344 g/mol. The van der Waals surface area contributed by atoms with Crippen LogP contribution in [-0.4, -0.2) is 36.5 Å². The Kier molecular flexibility index (Phi) is 5.88. The van der Waals surface area contributed by atoms with Crippen LogP contribution in [0, 0.1) is 0 Å². The summed E-state index contributed by atoms with van der Waals surface area (Å²) in [6.07, 6.45) is 2.47. The van der Waals surface area contributed by atoms with Crippen molar-refractivity contribution in [2.75, 3.05) is 19.7 Å². The summed E-state index contributed by atoms with van der Waals surface area (Å²) in [5.74, 6) is 0.641. The first-order valence-electron chi connectivity index (χ1n) is 8.49. The van der Waals surface area contributed by atoms with Gasteiger partial charge < -0.3 is 10.1 Å². The van der Waals surface area contributed by atoms with Gasteiger partial charge in [-0.2, -0.15) is 0 Å². The van der Waals surface area contributed by atoms with Gasteiger partial charge in [0.1, 0.15) is 5.75 Å². The predicted molar refractivity (Wildman–Crippen MR) is 97.4 cm³/mol. The Morgan fingerprint density at radius 3 is 2.62 bits per heavy atom. The van der Waals surface area contributed by atoms with Crippen LogP contribution in [0.3, 0.4) is 0 Å². The quantitative estimate of drug-likeness (QED) is 0.836. The van der Waals surface area contributed by atoms with Gasteiger partial charge >= 0.3 is 0 Å². The molecule has 2 atom stereocenters. The molecule has 1 fully saturated rings. The number of carbonyl (C=O) groups is 1. The Hall–Kier alpha value is -1.85. The number of para-hydroxylation sites is 1. The Labute approximate surface area is 147 Å². The molecule has 2 heterocycles. The third-order valence-electron chi connectivity index (χ3n) is 4.34. The maximum atomic E-state index is 12.3. The van der Waals surface area contributed by atoms with E-state index >= 15 is 0 Å². The van der Waals surface area contributed by atoms with Crippen molar-refractivity contribution in [3.8, 4) is 5.75 Å². The van der Waals surface area contributed by atoms with Crippen LogP contribution < -0.4 is 10.1 Å². The van der Waals surface area contributed by atoms with E-state index in [0.717, 1.165) is 18.8 Å². The maximum absolute atomic E-state index is 12.3. The molecule has 24 heavy (non-hydrogen) atoms. The van der Waals surface area contributed by atoms with E-state index < -0.39 is 0 Å². The van der Waals surface area contributed by atoms with Gasteiger partial charge in [-0.3, -0.25) is 9.69 Å². The number of likely N-dealkylation sites (tertiary alicyclic amines) is 1. The second-order valence-corrected chi connectivity index (χ2v) is 7.14. The summed E-state index contributed by atoms with van der Waals surface area (Å²) in [5.41, 5.74) is 0. The van der Waals surface area contributed by atoms with Gasteiger partial charge in [-0.25, -0.2) is 0 Å². The van der Waals surface area contributed by atoms with Crippen molar-refractivity contribution in [2.24, 2.45) is 0 Å². The van der Waals surface area contributed by atoms with Crippen LogP contribution in [0.25, 0.3) is 0 Å². The molecule has 1 aromatic heterocycles. The molecule has 4 nitrogen and oxygen atoms in total. The third kappa shape index (κ3) is 4.36. The van der Waals surface area contributed by atoms with Crippen molar-refractivity contribution in [2.45, 2.75) is 31.8 Å². The van der Waals surface area contributed by atoms with Crippen molar-refractivity contribution in [1.82, 2.24) is 10.2 Å². The van der Waals surface area contributed by atoms with Crippen molar-refractivity contribution >= 4 is 17.2 Å². The highest BCUT2D eigenvalue weighted by molar-refractivity contribution is 7.10. The van der Waals surface area contributed by atoms with Crippen LogP contribution in [0.15, 0.2) is 47.8 Å². The highest BCUT2D eigenvalue weighted by Gasteiger charge is 2.29. The van der Waals surface area contributed by atoms with Crippen molar-refractivity contribution in [3.63, 3.8) is 0 Å². The van der Waals surface area contributed by atoms with E-state index in [-0.39, 0.29) is 24.6 Å². The molecule has 1 aromatic carbocycles. The highest BCUT2D eigenvalue weighted by Crippen LogP contribution is 2.31. The number of nitrogens with zero attached hydrogens (tertiary/aromatic N) is 1. The van der Waals surface area contributed by atoms with Gasteiger partial charge in [0.05, 0.1) is 6.04 Å². The lowest BCUT2D eigenvalue weighted by Crippen LogP contribution is -2.45. The second-order valence-electron chi connectivity index (χ2n) is 6.16. The number of carbonyl (C=O) groups excluding carboxylic acids is 1. The van der Waals surface area contributed by atoms with E-state index in [4.69, 9.17) is 4.74 Å². The molecule has 0 radical (unpaired) electrons. The zero-order valence-electron chi connectivity index (χ0n) is 14.0. The Balaban J connectivity index is 1.58. The average Bonchev–Trinajstić information content (AvgIpc) is 3.29. The lowest BCUT2D eigenvalue weighted by Gasteiger charge is -2.32. The van der Waals surface area contributed by atoms with Crippen LogP contribution in [0.2, 0.25) is 0 Å². The van der Waals surface area contributed by atoms with Crippen molar-refractivity contribution in [1.29, 1.82) is 0 Å². The molecule has 3 rings (SSSR count). The summed E-state index contributed by atoms with van der Waals surface area (Å²) in [5, 5.41) is 5.22. The number of hydrogen-bond acceptors (Lipinski definition) is 4. The number of ether oxygens (including phenoxy) is 1. The zero-order valence-corrected chi connectivity index (χ0v) is 14.8. The first-order chi connectivity index (χ1) is 11.7. The van der Waals surface area contributed by atoms with E-state index in [2.05, 4.69) is 34.7 Å². The molecule has 1 aliphatic rings. The molecule has 0 unspecified atom stereocenters. The van der Waals surface area contributed by atoms with Gasteiger partial charge in [0, 0.05) is 10.9 Å². The van der Waals surface area contributed by atoms with Gasteiger partial charge in [0.25, 0.3) is 5.91 Å². The van der Waals surface area contributed by atoms with Crippen LogP contribution in [0.1, 0.15) is 30.7 Å². The topological polar surface area (TPSA) is 41.6 Å². The van der Waals surface area contributed by atoms with Gasteiger partial charge in [-0.15, -0.1) is 11.3 Å². The first kappa shape index (κ1) is 17.0. The van der Waals surface area contributed by atoms with Crippen LogP contribution in [0.4, 0.5) is 0 Å². The van der Waals surface area contributed by atoms with Crippen molar-refractivity contribution < 1.29 is 9.53 Å². The van der Waals surface area contributed by atoms with Crippen molar-refractivity contribution in [3.05, 3.63) is 52.7 Å². The molecule has 1 aliphatic heterocycles. The second kappa shape index (κ2) is 8.31. The third-order valence-corrected chi connectivity index (χ3v) is 5.29. The number of rotatable bonds is 7. The lowest BCUT2D eigenvalue weighted by molar-refractivity contribution is -0.124. The Bertz CT molecular complexity index is 624. The fourth-order valence-electron chi connectivity index (χ4n) is 3.26. The monoisotopic (exact) mass is 344 g/mol. The van der Waals surface area contributed by atoms with Gasteiger partial charge in [-0.1, -0.05) is 24.3 Å². The Morgan fingerprint density at radius 2 is 1.96 bits per heavy atom. The molecule has 1 N–H and O–H groups in total. The normalized spacial score (nSPS) is 17.4. The number of benzene rings is 1. The summed E-state index contributed by atoms with van der Waals surface area (Å²) in [4.78, 5) is 16.1. The molecular weight excluding hydrogens is 320 g/mol. The molecule has 0 aliphatic carbocycles. The lowest BCUT2D eigenvalue weighted by atomic mass is 10.1. The van der Waals surface area contributed by atoms with Crippen LogP contribution in [0.5, 0.6) is 5.75 Å². The summed E-state index contributed by atoms with van der Waals surface area (Å²) < 4.78 is 5.54. The Morgan fingerprint density at radius 1 is 1.21 bits per heavy atom. The standard InChI is InChI=1S/C19H24N2O2S/c1-15(20-18(22)14-23-16-8-3-2-4-9-16)19(17-10-7-13-24-17)21-11-5-6-12-21/h2-4,7-10,13,15,19H,5-6,11-12,14H2,1H3,(H,20,22)/t15-,19+/m1/s1. The van der Waals surface area contributed by atoms with E-state index in [1.54, 1.807) is 11.3 Å². The molecule has 5 heteroatoms. The van der Waals surface area contributed by atoms with E-state index in [0.29, 0.717) is 0 Å². The molecule has 2 aromatic rings. The number of nitrogens with one attached hydrogen (secondary N) is 1. The maximum Gasteiger partial charge on any atom is 0.258 e. The SMILES string of the molecule is C[C@@H](NC(=O)COc1ccccc1)[C@@H](c1cccs1)N1CCCC1. The highest BCUT2D eigenvalue weighted by atomic mass is 32.1. The number of hydrogen-bond donors (Lipinski definition) is 1.